The van der Waals surface area contributed by atoms with Crippen molar-refractivity contribution >= 4 is 22.6 Å². The van der Waals surface area contributed by atoms with E-state index >= 15 is 0 Å². The number of halogens is 3. The van der Waals surface area contributed by atoms with Gasteiger partial charge in [-0.05, 0) is 30.7 Å². The molecule has 1 unspecified atom stereocenters. The van der Waals surface area contributed by atoms with Crippen molar-refractivity contribution < 1.29 is 27.8 Å². The number of rotatable bonds is 6. The summed E-state index contributed by atoms with van der Waals surface area (Å²) in [6, 6.07) is 8.47. The number of para-hydroxylation sites is 1. The highest BCUT2D eigenvalue weighted by molar-refractivity contribution is 5.92. The third-order valence-electron chi connectivity index (χ3n) is 4.30. The monoisotopic (exact) mass is 407 g/mol. The second-order valence-corrected chi connectivity index (χ2v) is 6.71. The molecular weight excluding hydrogens is 387 g/mol. The highest BCUT2D eigenvalue weighted by Gasteiger charge is 2.31. The van der Waals surface area contributed by atoms with Gasteiger partial charge in [0.1, 0.15) is 12.3 Å². The summed E-state index contributed by atoms with van der Waals surface area (Å²) in [4.78, 5) is 16.7. The van der Waals surface area contributed by atoms with E-state index in [0.717, 1.165) is 17.7 Å². The number of nitrogens with zero attached hydrogens (tertiary/aromatic N) is 2. The summed E-state index contributed by atoms with van der Waals surface area (Å²) in [6.07, 6.45) is -3.27. The van der Waals surface area contributed by atoms with Gasteiger partial charge in [0.15, 0.2) is 0 Å². The van der Waals surface area contributed by atoms with Gasteiger partial charge in [-0.25, -0.2) is 4.98 Å². The summed E-state index contributed by atoms with van der Waals surface area (Å²) in [7, 11) is 1.25. The molecular formula is C20H20F3N3O3. The first-order valence-corrected chi connectivity index (χ1v) is 8.84. The van der Waals surface area contributed by atoms with Crippen molar-refractivity contribution in [2.75, 3.05) is 12.4 Å². The van der Waals surface area contributed by atoms with Gasteiger partial charge < -0.3 is 19.7 Å². The zero-order valence-electron chi connectivity index (χ0n) is 15.8. The van der Waals surface area contributed by atoms with Crippen LogP contribution in [0.25, 0.3) is 11.0 Å². The molecule has 29 heavy (non-hydrogen) atoms. The maximum Gasteiger partial charge on any atom is 0.416 e. The van der Waals surface area contributed by atoms with Crippen LogP contribution in [0.2, 0.25) is 0 Å². The number of carbonyl (C=O) groups is 1. The predicted octanol–water partition coefficient (Wildman–Crippen LogP) is 3.63. The van der Waals surface area contributed by atoms with E-state index in [9.17, 15) is 23.1 Å². The van der Waals surface area contributed by atoms with Crippen molar-refractivity contribution in [1.82, 2.24) is 9.55 Å². The Balaban J connectivity index is 1.85. The average molecular weight is 407 g/mol. The number of carbonyl (C=O) groups excluding carboxylic acids is 1. The van der Waals surface area contributed by atoms with Crippen LogP contribution in [0.1, 0.15) is 18.1 Å². The molecule has 1 atom stereocenters. The highest BCUT2D eigenvalue weighted by atomic mass is 19.4. The summed E-state index contributed by atoms with van der Waals surface area (Å²) >= 11 is 0. The lowest BCUT2D eigenvalue weighted by atomic mass is 10.1. The summed E-state index contributed by atoms with van der Waals surface area (Å²) in [5.41, 5.74) is 1.25. The minimum Gasteiger partial charge on any atom is -0.497 e. The van der Waals surface area contributed by atoms with E-state index in [0.29, 0.717) is 17.5 Å². The first-order chi connectivity index (χ1) is 13.7. The number of anilines is 1. The number of alkyl halides is 3. The smallest absolute Gasteiger partial charge is 0.416 e. The minimum atomic E-state index is -4.57. The van der Waals surface area contributed by atoms with Crippen LogP contribution in [-0.4, -0.2) is 33.8 Å². The van der Waals surface area contributed by atoms with Crippen LogP contribution in [0.5, 0.6) is 5.75 Å². The molecule has 0 radical (unpaired) electrons. The van der Waals surface area contributed by atoms with Gasteiger partial charge in [0.2, 0.25) is 5.91 Å². The molecule has 2 aromatic carbocycles. The first kappa shape index (κ1) is 20.7. The van der Waals surface area contributed by atoms with Gasteiger partial charge in [0, 0.05) is 18.2 Å². The summed E-state index contributed by atoms with van der Waals surface area (Å²) < 4.78 is 45.6. The van der Waals surface area contributed by atoms with E-state index in [-0.39, 0.29) is 18.0 Å². The molecule has 0 aliphatic carbocycles. The molecule has 0 saturated carbocycles. The normalized spacial score (nSPS) is 12.8. The number of nitrogens with one attached hydrogen (secondary N) is 1. The largest absolute Gasteiger partial charge is 0.497 e. The second kappa shape index (κ2) is 8.12. The molecule has 3 aromatic rings. The van der Waals surface area contributed by atoms with Gasteiger partial charge in [-0.2, -0.15) is 13.2 Å². The SMILES string of the molecule is COc1cc(NC(=O)Cn2cnc3cccc(CC(C)O)c32)cc(C(F)(F)F)c1. The molecule has 0 aliphatic heterocycles. The highest BCUT2D eigenvalue weighted by Crippen LogP contribution is 2.34. The lowest BCUT2D eigenvalue weighted by molar-refractivity contribution is -0.137. The number of ether oxygens (including phenoxy) is 1. The number of amides is 1. The van der Waals surface area contributed by atoms with Crippen molar-refractivity contribution in [2.45, 2.75) is 32.2 Å². The minimum absolute atomic E-state index is 0.0116. The fourth-order valence-corrected chi connectivity index (χ4v) is 3.11. The molecule has 1 amide bonds. The number of benzene rings is 2. The van der Waals surface area contributed by atoms with Crippen LogP contribution in [0, 0.1) is 0 Å². The van der Waals surface area contributed by atoms with E-state index in [4.69, 9.17) is 4.74 Å². The van der Waals surface area contributed by atoms with Crippen molar-refractivity contribution in [3.63, 3.8) is 0 Å². The molecule has 3 rings (SSSR count). The van der Waals surface area contributed by atoms with Gasteiger partial charge in [-0.15, -0.1) is 0 Å². The van der Waals surface area contributed by atoms with Gasteiger partial charge in [-0.1, -0.05) is 12.1 Å². The topological polar surface area (TPSA) is 76.4 Å². The zero-order chi connectivity index (χ0) is 21.2. The summed E-state index contributed by atoms with van der Waals surface area (Å²) in [5.74, 6) is -0.528. The molecule has 1 aromatic heterocycles. The standard InChI is InChI=1S/C20H20F3N3O3/c1-12(27)6-13-4-3-5-17-19(13)26(11-24-17)10-18(28)25-15-7-14(20(21,22)23)8-16(9-15)29-2/h3-5,7-9,11-12,27H,6,10H2,1-2H3,(H,25,28). The Morgan fingerprint density at radius 2 is 2.07 bits per heavy atom. The zero-order valence-corrected chi connectivity index (χ0v) is 15.8. The van der Waals surface area contributed by atoms with Gasteiger partial charge in [0.05, 0.1) is 36.1 Å². The maximum absolute atomic E-state index is 13.0. The van der Waals surface area contributed by atoms with Crippen molar-refractivity contribution in [3.8, 4) is 5.75 Å². The molecule has 0 bridgehead atoms. The molecule has 154 valence electrons. The molecule has 9 heteroatoms. The molecule has 0 fully saturated rings. The molecule has 0 spiro atoms. The van der Waals surface area contributed by atoms with E-state index in [1.54, 1.807) is 17.6 Å². The number of methoxy groups -OCH3 is 1. The Labute approximate surface area is 164 Å². The quantitative estimate of drug-likeness (QED) is 0.654. The summed E-state index contributed by atoms with van der Waals surface area (Å²) in [6.45, 7) is 1.51. The van der Waals surface area contributed by atoms with Gasteiger partial charge in [-0.3, -0.25) is 4.79 Å². The number of aromatic nitrogens is 2. The second-order valence-electron chi connectivity index (χ2n) is 6.71. The van der Waals surface area contributed by atoms with Crippen LogP contribution in [0.4, 0.5) is 18.9 Å². The van der Waals surface area contributed by atoms with E-state index in [2.05, 4.69) is 10.3 Å². The Morgan fingerprint density at radius 3 is 2.72 bits per heavy atom. The molecule has 0 aliphatic rings. The maximum atomic E-state index is 13.0. The van der Waals surface area contributed by atoms with E-state index in [1.807, 2.05) is 12.1 Å². The van der Waals surface area contributed by atoms with Gasteiger partial charge in [0.25, 0.3) is 0 Å². The lowest BCUT2D eigenvalue weighted by Gasteiger charge is -2.13. The Morgan fingerprint density at radius 1 is 1.31 bits per heavy atom. The molecule has 6 nitrogen and oxygen atoms in total. The van der Waals surface area contributed by atoms with Crippen LogP contribution >= 0.6 is 0 Å². The van der Waals surface area contributed by atoms with Crippen molar-refractivity contribution in [1.29, 1.82) is 0 Å². The van der Waals surface area contributed by atoms with Crippen molar-refractivity contribution in [2.24, 2.45) is 0 Å². The van der Waals surface area contributed by atoms with Crippen LogP contribution < -0.4 is 10.1 Å². The number of fused-ring (bicyclic) bond motifs is 1. The Hall–Kier alpha value is -3.07. The number of hydrogen-bond acceptors (Lipinski definition) is 4. The molecule has 0 saturated heterocycles. The first-order valence-electron chi connectivity index (χ1n) is 8.84. The number of aliphatic hydroxyl groups excluding tert-OH is 1. The lowest BCUT2D eigenvalue weighted by Crippen LogP contribution is -2.19. The molecule has 1 heterocycles. The average Bonchev–Trinajstić information content (AvgIpc) is 3.04. The Kier molecular flexibility index (Phi) is 5.78. The van der Waals surface area contributed by atoms with Crippen LogP contribution in [-0.2, 0) is 23.9 Å². The van der Waals surface area contributed by atoms with Crippen LogP contribution in [0.15, 0.2) is 42.7 Å². The Bertz CT molecular complexity index is 1030. The predicted molar refractivity (Wildman–Crippen MR) is 102 cm³/mol. The van der Waals surface area contributed by atoms with Crippen molar-refractivity contribution in [3.05, 3.63) is 53.9 Å². The van der Waals surface area contributed by atoms with Gasteiger partial charge >= 0.3 is 6.18 Å². The third kappa shape index (κ3) is 4.86. The fourth-order valence-electron chi connectivity index (χ4n) is 3.11. The number of aliphatic hydroxyl groups is 1. The number of hydrogen-bond donors (Lipinski definition) is 2. The van der Waals surface area contributed by atoms with E-state index in [1.165, 1.54) is 19.5 Å². The van der Waals surface area contributed by atoms with E-state index < -0.39 is 23.8 Å². The molecule has 2 N–H and O–H groups in total. The number of imidazole rings is 1. The fraction of sp³-hybridized carbons (Fsp3) is 0.300. The third-order valence-corrected chi connectivity index (χ3v) is 4.30. The van der Waals surface area contributed by atoms with Crippen LogP contribution in [0.3, 0.4) is 0 Å². The summed E-state index contributed by atoms with van der Waals surface area (Å²) in [5, 5.41) is 12.2.